The molecule has 0 aromatic carbocycles. The first-order valence-electron chi connectivity index (χ1n) is 20.1. The van der Waals surface area contributed by atoms with E-state index in [1.54, 1.807) is 0 Å². The number of aliphatic hydroxyl groups excluding tert-OH is 4. The van der Waals surface area contributed by atoms with E-state index in [0.29, 0.717) is 26.2 Å². The first-order valence-corrected chi connectivity index (χ1v) is 22.6. The Bertz CT molecular complexity index is 1030. The molecule has 0 bridgehead atoms. The van der Waals surface area contributed by atoms with Crippen LogP contribution in [-0.4, -0.2) is 196 Å². The molecule has 314 valence electrons. The Morgan fingerprint density at radius 3 is 1.67 bits per heavy atom. The fraction of sp³-hybridized carbons (Fsp3) is 0.895. The minimum atomic E-state index is -1.43. The van der Waals surface area contributed by atoms with Gasteiger partial charge in [0.25, 0.3) is 0 Å². The summed E-state index contributed by atoms with van der Waals surface area (Å²) >= 11 is 0. The zero-order valence-electron chi connectivity index (χ0n) is 32.4. The van der Waals surface area contributed by atoms with Crippen LogP contribution >= 0.6 is 21.6 Å². The third kappa shape index (κ3) is 22.5. The Labute approximate surface area is 331 Å². The first-order chi connectivity index (χ1) is 26.1. The summed E-state index contributed by atoms with van der Waals surface area (Å²) in [6, 6.07) is 0. The van der Waals surface area contributed by atoms with E-state index in [9.17, 15) is 40.2 Å². The molecule has 0 amide bonds. The summed E-state index contributed by atoms with van der Waals surface area (Å²) < 4.78 is 11.0. The molecule has 2 rings (SSSR count). The molecule has 0 saturated carbocycles. The van der Waals surface area contributed by atoms with E-state index < -0.39 is 49.3 Å². The van der Waals surface area contributed by atoms with Gasteiger partial charge >= 0.3 is 11.9 Å². The van der Waals surface area contributed by atoms with Crippen LogP contribution in [0.3, 0.4) is 0 Å². The van der Waals surface area contributed by atoms with Crippen molar-refractivity contribution in [1.29, 1.82) is 0 Å². The summed E-state index contributed by atoms with van der Waals surface area (Å²) in [6.07, 6.45) is 12.1. The number of carboxylic acids is 2. The average Bonchev–Trinajstić information content (AvgIpc) is 3.14. The number of aliphatic hydroxyl groups is 4. The molecule has 2 saturated heterocycles. The van der Waals surface area contributed by atoms with Crippen LogP contribution < -0.4 is 0 Å². The molecule has 2 aliphatic heterocycles. The second kappa shape index (κ2) is 30.9. The smallest absolute Gasteiger partial charge is 0.317 e. The quantitative estimate of drug-likeness (QED) is 0.0448. The van der Waals surface area contributed by atoms with Crippen molar-refractivity contribution in [3.05, 3.63) is 0 Å². The Morgan fingerprint density at radius 1 is 0.648 bits per heavy atom. The van der Waals surface area contributed by atoms with Crippen molar-refractivity contribution in [3.8, 4) is 12.3 Å². The number of carboxylic acid groups (broad SMARTS) is 2. The number of nitrogens with zero attached hydrogens (tertiary/aromatic N) is 4. The van der Waals surface area contributed by atoms with Gasteiger partial charge < -0.3 is 49.9 Å². The van der Waals surface area contributed by atoms with Gasteiger partial charge in [-0.25, -0.2) is 0 Å². The minimum Gasteiger partial charge on any atom is -0.480 e. The average molecular weight is 807 g/mol. The van der Waals surface area contributed by atoms with Crippen molar-refractivity contribution in [3.63, 3.8) is 0 Å². The molecular formula is C38H70N4O10S2. The maximum Gasteiger partial charge on any atom is 0.317 e. The zero-order valence-corrected chi connectivity index (χ0v) is 34.0. The van der Waals surface area contributed by atoms with Crippen molar-refractivity contribution in [2.24, 2.45) is 0 Å². The lowest BCUT2D eigenvalue weighted by atomic mass is 9.99. The number of aliphatic carboxylic acids is 2. The summed E-state index contributed by atoms with van der Waals surface area (Å²) in [4.78, 5) is 32.4. The normalized spacial score (nSPS) is 24.9. The van der Waals surface area contributed by atoms with Gasteiger partial charge in [0.05, 0.1) is 19.7 Å². The van der Waals surface area contributed by atoms with Gasteiger partial charge in [-0.05, 0) is 64.7 Å². The van der Waals surface area contributed by atoms with Crippen LogP contribution in [0.25, 0.3) is 0 Å². The van der Waals surface area contributed by atoms with E-state index in [1.807, 2.05) is 21.6 Å². The first kappa shape index (κ1) is 48.9. The van der Waals surface area contributed by atoms with Gasteiger partial charge in [-0.1, -0.05) is 60.1 Å². The maximum atomic E-state index is 11.7. The van der Waals surface area contributed by atoms with Gasteiger partial charge in [-0.2, -0.15) is 0 Å². The second-order valence-electron chi connectivity index (χ2n) is 14.4. The molecule has 6 N–H and O–H groups in total. The molecule has 16 heteroatoms. The summed E-state index contributed by atoms with van der Waals surface area (Å²) in [6.45, 7) is 7.94. The van der Waals surface area contributed by atoms with E-state index in [0.717, 1.165) is 141 Å². The Morgan fingerprint density at radius 2 is 1.13 bits per heavy atom. The molecule has 5 atom stereocenters. The molecule has 0 spiro atoms. The number of carbonyl (C=O) groups is 2. The van der Waals surface area contributed by atoms with Crippen molar-refractivity contribution >= 4 is 33.5 Å². The van der Waals surface area contributed by atoms with Crippen LogP contribution in [0.2, 0.25) is 0 Å². The SMILES string of the molecule is C#CCCCSSCCCN1CCCN(CC(=O)O)CCN(CCCCCCCCCCO[C@@H]2OC(CO)[C@@H](O)[C@H](O)C2O)CCCN(CC(=O)O)CC1. The number of rotatable bonds is 25. The van der Waals surface area contributed by atoms with Gasteiger partial charge in [-0.15, -0.1) is 12.3 Å². The molecule has 0 aromatic rings. The van der Waals surface area contributed by atoms with Crippen LogP contribution in [0, 0.1) is 12.3 Å². The predicted molar refractivity (Wildman–Crippen MR) is 215 cm³/mol. The van der Waals surface area contributed by atoms with E-state index in [2.05, 4.69) is 25.5 Å². The van der Waals surface area contributed by atoms with Gasteiger partial charge in [0, 0.05) is 63.8 Å². The molecule has 0 aliphatic carbocycles. The molecule has 2 fully saturated rings. The number of ether oxygens (including phenoxy) is 2. The Kier molecular flexibility index (Phi) is 28.0. The summed E-state index contributed by atoms with van der Waals surface area (Å²) in [7, 11) is 3.75. The van der Waals surface area contributed by atoms with E-state index in [4.69, 9.17) is 15.9 Å². The molecule has 0 aromatic heterocycles. The minimum absolute atomic E-state index is 0.0354. The third-order valence-corrected chi connectivity index (χ3v) is 12.5. The number of terminal acetylenes is 1. The van der Waals surface area contributed by atoms with E-state index in [-0.39, 0.29) is 13.1 Å². The van der Waals surface area contributed by atoms with Gasteiger partial charge in [0.2, 0.25) is 0 Å². The summed E-state index contributed by atoms with van der Waals surface area (Å²) in [5, 5.41) is 58.4. The summed E-state index contributed by atoms with van der Waals surface area (Å²) in [5.74, 6) is 3.18. The van der Waals surface area contributed by atoms with Crippen LogP contribution in [0.5, 0.6) is 0 Å². The van der Waals surface area contributed by atoms with Crippen molar-refractivity contribution in [1.82, 2.24) is 19.6 Å². The zero-order chi connectivity index (χ0) is 39.4. The number of unbranched alkanes of at least 4 members (excludes halogenated alkanes) is 8. The molecule has 2 heterocycles. The monoisotopic (exact) mass is 806 g/mol. The highest BCUT2D eigenvalue weighted by Crippen LogP contribution is 2.24. The van der Waals surface area contributed by atoms with Crippen LogP contribution in [0.15, 0.2) is 0 Å². The highest BCUT2D eigenvalue weighted by Gasteiger charge is 2.43. The van der Waals surface area contributed by atoms with Crippen LogP contribution in [0.1, 0.15) is 83.5 Å². The van der Waals surface area contributed by atoms with Crippen LogP contribution in [0.4, 0.5) is 0 Å². The second-order valence-corrected chi connectivity index (χ2v) is 17.1. The highest BCUT2D eigenvalue weighted by molar-refractivity contribution is 8.76. The molecule has 54 heavy (non-hydrogen) atoms. The summed E-state index contributed by atoms with van der Waals surface area (Å²) in [5.41, 5.74) is 0. The molecule has 0 radical (unpaired) electrons. The lowest BCUT2D eigenvalue weighted by Gasteiger charge is -2.39. The molecule has 2 unspecified atom stereocenters. The number of hydrogen-bond donors (Lipinski definition) is 6. The fourth-order valence-corrected chi connectivity index (χ4v) is 8.95. The standard InChI is InChI=1S/C38H70N4O10S2/c1-2-3-12-27-53-54-28-15-21-40-18-14-20-41(29-33(44)45)24-22-39(17-13-19-42(25-23-40)30-34(46)47)16-10-8-6-4-5-7-9-11-26-51-38-37(50)36(49)35(48)32(31-43)52-38/h1,32,35-38,43,48-50H,3-31H2,(H,44,45)(H,46,47)/t32?,35-,36+,37?,38-/m1/s1. The van der Waals surface area contributed by atoms with Crippen LogP contribution in [-0.2, 0) is 19.1 Å². The Hall–Kier alpha value is -1.20. The third-order valence-electron chi connectivity index (χ3n) is 9.91. The van der Waals surface area contributed by atoms with Gasteiger partial charge in [0.1, 0.15) is 24.4 Å². The Balaban J connectivity index is 1.73. The van der Waals surface area contributed by atoms with Crippen molar-refractivity contribution < 1.29 is 49.7 Å². The van der Waals surface area contributed by atoms with Gasteiger partial charge in [0.15, 0.2) is 6.29 Å². The topological polar surface area (TPSA) is 187 Å². The van der Waals surface area contributed by atoms with Crippen molar-refractivity contribution in [2.75, 3.05) is 103 Å². The molecule has 2 aliphatic rings. The lowest BCUT2D eigenvalue weighted by molar-refractivity contribution is -0.301. The van der Waals surface area contributed by atoms with Gasteiger partial charge in [-0.3, -0.25) is 19.4 Å². The number of hydrogen-bond acceptors (Lipinski definition) is 14. The lowest BCUT2D eigenvalue weighted by Crippen LogP contribution is -2.59. The van der Waals surface area contributed by atoms with Crippen molar-refractivity contribution in [2.45, 2.75) is 114 Å². The molecule has 14 nitrogen and oxygen atoms in total. The predicted octanol–water partition coefficient (Wildman–Crippen LogP) is 2.28. The van der Waals surface area contributed by atoms with E-state index >= 15 is 0 Å². The highest BCUT2D eigenvalue weighted by atomic mass is 33.1. The maximum absolute atomic E-state index is 11.7. The largest absolute Gasteiger partial charge is 0.480 e. The fourth-order valence-electron chi connectivity index (χ4n) is 6.80. The molecular weight excluding hydrogens is 737 g/mol. The van der Waals surface area contributed by atoms with E-state index in [1.165, 1.54) is 0 Å².